The van der Waals surface area contributed by atoms with Crippen LogP contribution in [0.5, 0.6) is 11.5 Å². The minimum absolute atomic E-state index is 0.314. The number of hydrogen-bond acceptors (Lipinski definition) is 4. The molecule has 1 amide bonds. The number of aryl methyl sites for hydroxylation is 2. The molecule has 0 aliphatic heterocycles. The minimum atomic E-state index is -3.62. The number of ether oxygens (including phenoxy) is 1. The molecular formula is C23H24N2O4S. The summed E-state index contributed by atoms with van der Waals surface area (Å²) in [4.78, 5) is 12.5. The van der Waals surface area contributed by atoms with E-state index in [4.69, 9.17) is 4.74 Å². The van der Waals surface area contributed by atoms with Crippen molar-refractivity contribution < 1.29 is 17.9 Å². The van der Waals surface area contributed by atoms with Gasteiger partial charge in [-0.2, -0.15) is 0 Å². The molecule has 7 heteroatoms. The van der Waals surface area contributed by atoms with Crippen molar-refractivity contribution in [1.82, 2.24) is 0 Å². The van der Waals surface area contributed by atoms with E-state index in [2.05, 4.69) is 5.32 Å². The quantitative estimate of drug-likeness (QED) is 0.606. The van der Waals surface area contributed by atoms with Gasteiger partial charge in [0.1, 0.15) is 18.0 Å². The number of nitrogens with zero attached hydrogens (tertiary/aromatic N) is 1. The average Bonchev–Trinajstić information content (AvgIpc) is 2.69. The molecule has 0 atom stereocenters. The van der Waals surface area contributed by atoms with E-state index in [1.807, 2.05) is 37.3 Å². The first-order valence-corrected chi connectivity index (χ1v) is 11.2. The van der Waals surface area contributed by atoms with Gasteiger partial charge in [0.25, 0.3) is 0 Å². The molecule has 1 N–H and O–H groups in total. The lowest BCUT2D eigenvalue weighted by molar-refractivity contribution is -0.114. The summed E-state index contributed by atoms with van der Waals surface area (Å²) in [5.74, 6) is 0.921. The van der Waals surface area contributed by atoms with Crippen molar-refractivity contribution in [3.05, 3.63) is 83.9 Å². The van der Waals surface area contributed by atoms with Crippen molar-refractivity contribution in [2.75, 3.05) is 22.4 Å². The number of para-hydroxylation sites is 1. The van der Waals surface area contributed by atoms with Crippen molar-refractivity contribution in [1.29, 1.82) is 0 Å². The second-order valence-electron chi connectivity index (χ2n) is 7.04. The lowest BCUT2D eigenvalue weighted by Crippen LogP contribution is -2.37. The molecular weight excluding hydrogens is 400 g/mol. The molecule has 0 aliphatic rings. The summed E-state index contributed by atoms with van der Waals surface area (Å²) in [6.45, 7) is 3.49. The fourth-order valence-electron chi connectivity index (χ4n) is 2.90. The Labute approximate surface area is 177 Å². The Morgan fingerprint density at radius 1 is 0.900 bits per heavy atom. The summed E-state index contributed by atoms with van der Waals surface area (Å²) in [6, 6.07) is 21.6. The van der Waals surface area contributed by atoms with E-state index in [9.17, 15) is 13.2 Å². The summed E-state index contributed by atoms with van der Waals surface area (Å²) < 4.78 is 31.4. The lowest BCUT2D eigenvalue weighted by atomic mass is 10.2. The van der Waals surface area contributed by atoms with Crippen LogP contribution in [0.4, 0.5) is 11.4 Å². The van der Waals surface area contributed by atoms with Crippen LogP contribution in [0.2, 0.25) is 0 Å². The van der Waals surface area contributed by atoms with Gasteiger partial charge in [-0.3, -0.25) is 9.10 Å². The Morgan fingerprint density at radius 3 is 2.03 bits per heavy atom. The van der Waals surface area contributed by atoms with Crippen molar-refractivity contribution in [2.45, 2.75) is 13.8 Å². The first kappa shape index (κ1) is 21.4. The fourth-order valence-corrected chi connectivity index (χ4v) is 3.82. The molecule has 0 saturated carbocycles. The predicted molar refractivity (Wildman–Crippen MR) is 120 cm³/mol. The number of amides is 1. The van der Waals surface area contributed by atoms with E-state index >= 15 is 0 Å². The third kappa shape index (κ3) is 5.61. The summed E-state index contributed by atoms with van der Waals surface area (Å²) in [5.41, 5.74) is 2.95. The van der Waals surface area contributed by atoms with Gasteiger partial charge in [-0.1, -0.05) is 35.9 Å². The van der Waals surface area contributed by atoms with E-state index in [-0.39, 0.29) is 6.54 Å². The Kier molecular flexibility index (Phi) is 6.42. The smallest absolute Gasteiger partial charge is 0.245 e. The van der Waals surface area contributed by atoms with Crippen LogP contribution in [0.3, 0.4) is 0 Å². The zero-order chi connectivity index (χ0) is 21.7. The zero-order valence-corrected chi connectivity index (χ0v) is 17.9. The Balaban J connectivity index is 1.67. The van der Waals surface area contributed by atoms with Crippen LogP contribution in [0.25, 0.3) is 0 Å². The summed E-state index contributed by atoms with van der Waals surface area (Å²) in [7, 11) is -3.62. The number of anilines is 2. The van der Waals surface area contributed by atoms with Crippen LogP contribution < -0.4 is 14.4 Å². The third-order valence-electron chi connectivity index (χ3n) is 4.47. The van der Waals surface area contributed by atoms with Crippen LogP contribution in [0.1, 0.15) is 11.1 Å². The molecule has 0 saturated heterocycles. The van der Waals surface area contributed by atoms with Crippen LogP contribution in [0, 0.1) is 13.8 Å². The Morgan fingerprint density at radius 2 is 1.47 bits per heavy atom. The second-order valence-corrected chi connectivity index (χ2v) is 8.95. The highest BCUT2D eigenvalue weighted by Gasteiger charge is 2.22. The number of rotatable bonds is 7. The van der Waals surface area contributed by atoms with Gasteiger partial charge in [-0.05, 0) is 61.9 Å². The van der Waals surface area contributed by atoms with E-state index in [0.29, 0.717) is 17.1 Å². The number of nitrogens with one attached hydrogen (secondary N) is 1. The molecule has 6 nitrogen and oxygen atoms in total. The first-order valence-electron chi connectivity index (χ1n) is 9.40. The number of benzene rings is 3. The maximum absolute atomic E-state index is 12.5. The molecule has 0 aromatic heterocycles. The second kappa shape index (κ2) is 9.00. The van der Waals surface area contributed by atoms with E-state index < -0.39 is 15.9 Å². The largest absolute Gasteiger partial charge is 0.457 e. The van der Waals surface area contributed by atoms with Gasteiger partial charge in [-0.15, -0.1) is 0 Å². The molecule has 0 bridgehead atoms. The molecule has 156 valence electrons. The Hall–Kier alpha value is -3.32. The lowest BCUT2D eigenvalue weighted by Gasteiger charge is -2.23. The summed E-state index contributed by atoms with van der Waals surface area (Å²) in [5, 5.41) is 2.73. The van der Waals surface area contributed by atoms with Gasteiger partial charge >= 0.3 is 0 Å². The molecule has 0 aliphatic carbocycles. The van der Waals surface area contributed by atoms with Gasteiger partial charge in [0.05, 0.1) is 11.9 Å². The number of sulfonamides is 1. The molecule has 0 heterocycles. The van der Waals surface area contributed by atoms with Crippen LogP contribution >= 0.6 is 0 Å². The van der Waals surface area contributed by atoms with Gasteiger partial charge in [0, 0.05) is 5.69 Å². The number of carbonyl (C=O) groups is 1. The highest BCUT2D eigenvalue weighted by Crippen LogP contribution is 2.24. The van der Waals surface area contributed by atoms with Gasteiger partial charge in [0.15, 0.2) is 0 Å². The number of carbonyl (C=O) groups excluding carboxylic acids is 1. The molecule has 0 spiro atoms. The highest BCUT2D eigenvalue weighted by molar-refractivity contribution is 7.92. The molecule has 0 fully saturated rings. The Bertz CT molecular complexity index is 1120. The first-order chi connectivity index (χ1) is 14.2. The standard InChI is InChI=1S/C23H24N2O4S/c1-17-8-12-20(13-9-17)29-21-14-10-19(11-15-21)24-23(26)16-25(30(3,27)28)22-7-5-4-6-18(22)2/h4-15H,16H2,1-3H3,(H,24,26). The molecule has 30 heavy (non-hydrogen) atoms. The molecule has 3 aromatic rings. The fraction of sp³-hybridized carbons (Fsp3) is 0.174. The van der Waals surface area contributed by atoms with Crippen molar-refractivity contribution in [2.24, 2.45) is 0 Å². The van der Waals surface area contributed by atoms with Gasteiger partial charge in [-0.25, -0.2) is 8.42 Å². The molecule has 0 radical (unpaired) electrons. The average molecular weight is 425 g/mol. The predicted octanol–water partition coefficient (Wildman–Crippen LogP) is 4.50. The maximum Gasteiger partial charge on any atom is 0.245 e. The molecule has 3 rings (SSSR count). The third-order valence-corrected chi connectivity index (χ3v) is 5.59. The normalized spacial score (nSPS) is 11.0. The van der Waals surface area contributed by atoms with Crippen LogP contribution in [0.15, 0.2) is 72.8 Å². The topological polar surface area (TPSA) is 75.7 Å². The van der Waals surface area contributed by atoms with Crippen LogP contribution in [-0.2, 0) is 14.8 Å². The van der Waals surface area contributed by atoms with E-state index in [1.54, 1.807) is 49.4 Å². The maximum atomic E-state index is 12.5. The van der Waals surface area contributed by atoms with E-state index in [0.717, 1.165) is 27.4 Å². The van der Waals surface area contributed by atoms with Crippen molar-refractivity contribution >= 4 is 27.3 Å². The SMILES string of the molecule is Cc1ccc(Oc2ccc(NC(=O)CN(c3ccccc3C)S(C)(=O)=O)cc2)cc1. The van der Waals surface area contributed by atoms with Crippen molar-refractivity contribution in [3.63, 3.8) is 0 Å². The summed E-state index contributed by atoms with van der Waals surface area (Å²) >= 11 is 0. The van der Waals surface area contributed by atoms with Gasteiger partial charge < -0.3 is 10.1 Å². The monoisotopic (exact) mass is 424 g/mol. The van der Waals surface area contributed by atoms with E-state index in [1.165, 1.54) is 0 Å². The zero-order valence-electron chi connectivity index (χ0n) is 17.1. The number of hydrogen-bond donors (Lipinski definition) is 1. The van der Waals surface area contributed by atoms with Crippen molar-refractivity contribution in [3.8, 4) is 11.5 Å². The molecule has 3 aromatic carbocycles. The summed E-state index contributed by atoms with van der Waals surface area (Å²) in [6.07, 6.45) is 1.09. The highest BCUT2D eigenvalue weighted by atomic mass is 32.2. The molecule has 0 unspecified atom stereocenters. The van der Waals surface area contributed by atoms with Crippen LogP contribution in [-0.4, -0.2) is 27.1 Å². The minimum Gasteiger partial charge on any atom is -0.457 e. The van der Waals surface area contributed by atoms with Gasteiger partial charge in [0.2, 0.25) is 15.9 Å².